The number of hydrogen-bond donors (Lipinski definition) is 0. The first-order chi connectivity index (χ1) is 12.1. The molecule has 0 spiro atoms. The molecule has 4 heterocycles. The second kappa shape index (κ2) is 6.59. The molecule has 2 aromatic rings. The van der Waals surface area contributed by atoms with Crippen molar-refractivity contribution in [2.75, 3.05) is 19.6 Å². The van der Waals surface area contributed by atoms with Gasteiger partial charge in [-0.1, -0.05) is 6.07 Å². The fourth-order valence-corrected chi connectivity index (χ4v) is 4.00. The normalized spacial score (nSPS) is 20.7. The lowest BCUT2D eigenvalue weighted by atomic mass is 10.0. The van der Waals surface area contributed by atoms with Gasteiger partial charge < -0.3 is 14.4 Å². The van der Waals surface area contributed by atoms with Crippen LogP contribution in [-0.4, -0.2) is 55.9 Å². The van der Waals surface area contributed by atoms with Crippen molar-refractivity contribution in [2.24, 2.45) is 7.05 Å². The van der Waals surface area contributed by atoms with Crippen molar-refractivity contribution in [3.05, 3.63) is 47.3 Å². The Morgan fingerprint density at radius 2 is 2.08 bits per heavy atom. The summed E-state index contributed by atoms with van der Waals surface area (Å²) >= 11 is 0. The van der Waals surface area contributed by atoms with Crippen LogP contribution in [0.15, 0.2) is 24.5 Å². The van der Waals surface area contributed by atoms with E-state index in [1.165, 1.54) is 18.5 Å². The number of pyridine rings is 1. The maximum absolute atomic E-state index is 13.2. The second-order valence-corrected chi connectivity index (χ2v) is 7.21. The predicted molar refractivity (Wildman–Crippen MR) is 95.2 cm³/mol. The van der Waals surface area contributed by atoms with Crippen molar-refractivity contribution < 1.29 is 4.79 Å². The predicted octanol–water partition coefficient (Wildman–Crippen LogP) is 1.79. The third kappa shape index (κ3) is 3.18. The minimum Gasteiger partial charge on any atom is -0.337 e. The largest absolute Gasteiger partial charge is 0.337 e. The van der Waals surface area contributed by atoms with Crippen LogP contribution in [0.1, 0.15) is 40.4 Å². The topological polar surface area (TPSA) is 54.3 Å². The van der Waals surface area contributed by atoms with Crippen LogP contribution in [0.25, 0.3) is 0 Å². The summed E-state index contributed by atoms with van der Waals surface area (Å²) in [4.78, 5) is 26.6. The molecular weight excluding hydrogens is 314 g/mol. The highest BCUT2D eigenvalue weighted by Gasteiger charge is 2.34. The molecule has 2 aliphatic rings. The molecule has 2 aliphatic heterocycles. The van der Waals surface area contributed by atoms with E-state index in [0.29, 0.717) is 12.2 Å². The maximum Gasteiger partial charge on any atom is 0.273 e. The highest BCUT2D eigenvalue weighted by Crippen LogP contribution is 2.25. The molecule has 132 valence electrons. The van der Waals surface area contributed by atoms with Gasteiger partial charge in [0.05, 0.1) is 24.6 Å². The molecule has 0 aliphatic carbocycles. The van der Waals surface area contributed by atoms with Crippen LogP contribution < -0.4 is 0 Å². The molecular formula is C19H25N5O. The molecule has 1 fully saturated rings. The van der Waals surface area contributed by atoms with Gasteiger partial charge in [0.2, 0.25) is 0 Å². The Labute approximate surface area is 148 Å². The highest BCUT2D eigenvalue weighted by atomic mass is 16.2. The molecule has 0 saturated carbocycles. The van der Waals surface area contributed by atoms with Crippen LogP contribution in [0.2, 0.25) is 0 Å². The van der Waals surface area contributed by atoms with Gasteiger partial charge in [0.1, 0.15) is 5.69 Å². The second-order valence-electron chi connectivity index (χ2n) is 7.21. The van der Waals surface area contributed by atoms with E-state index < -0.39 is 0 Å². The van der Waals surface area contributed by atoms with Crippen molar-refractivity contribution in [1.29, 1.82) is 0 Å². The van der Waals surface area contributed by atoms with Crippen molar-refractivity contribution >= 4 is 5.91 Å². The summed E-state index contributed by atoms with van der Waals surface area (Å²) in [6.45, 7) is 5.70. The fourth-order valence-electron chi connectivity index (χ4n) is 4.00. The van der Waals surface area contributed by atoms with Crippen LogP contribution in [-0.2, 0) is 20.0 Å². The summed E-state index contributed by atoms with van der Waals surface area (Å²) in [5.41, 5.74) is 3.68. The molecule has 6 nitrogen and oxygen atoms in total. The molecule has 2 aromatic heterocycles. The van der Waals surface area contributed by atoms with Gasteiger partial charge >= 0.3 is 0 Å². The van der Waals surface area contributed by atoms with Crippen LogP contribution in [0.3, 0.4) is 0 Å². The number of aromatic nitrogens is 3. The molecule has 4 rings (SSSR count). The van der Waals surface area contributed by atoms with Crippen LogP contribution >= 0.6 is 0 Å². The van der Waals surface area contributed by atoms with Gasteiger partial charge in [-0.05, 0) is 45.0 Å². The summed E-state index contributed by atoms with van der Waals surface area (Å²) < 4.78 is 2.10. The minimum absolute atomic E-state index is 0.0178. The lowest BCUT2D eigenvalue weighted by molar-refractivity contribution is 0.0580. The maximum atomic E-state index is 13.2. The van der Waals surface area contributed by atoms with E-state index in [1.807, 2.05) is 43.4 Å². The molecule has 0 unspecified atom stereocenters. The van der Waals surface area contributed by atoms with Gasteiger partial charge in [-0.2, -0.15) is 0 Å². The number of amides is 1. The number of likely N-dealkylation sites (tertiary alicyclic amines) is 1. The fraction of sp³-hybridized carbons (Fsp3) is 0.526. The molecule has 1 amide bonds. The molecule has 0 bridgehead atoms. The van der Waals surface area contributed by atoms with Gasteiger partial charge in [0.15, 0.2) is 0 Å². The number of nitrogens with zero attached hydrogens (tertiary/aromatic N) is 5. The Bertz CT molecular complexity index is 778. The van der Waals surface area contributed by atoms with E-state index in [4.69, 9.17) is 0 Å². The molecule has 0 N–H and O–H groups in total. The Balaban J connectivity index is 1.63. The summed E-state index contributed by atoms with van der Waals surface area (Å²) in [5.74, 6) is 0.0178. The molecule has 1 atom stereocenters. The van der Waals surface area contributed by atoms with E-state index in [0.717, 1.165) is 37.4 Å². The Hall–Kier alpha value is -2.21. The summed E-state index contributed by atoms with van der Waals surface area (Å²) in [7, 11) is 2.04. The van der Waals surface area contributed by atoms with E-state index >= 15 is 0 Å². The average molecular weight is 339 g/mol. The quantitative estimate of drug-likeness (QED) is 0.855. The lowest BCUT2D eigenvalue weighted by Gasteiger charge is -2.37. The molecule has 0 radical (unpaired) electrons. The number of aryl methyl sites for hydroxylation is 2. The third-order valence-corrected chi connectivity index (χ3v) is 5.37. The summed E-state index contributed by atoms with van der Waals surface area (Å²) in [6, 6.07) is 5.82. The first-order valence-corrected chi connectivity index (χ1v) is 9.08. The number of carbonyl (C=O) groups excluding carboxylic acids is 1. The van der Waals surface area contributed by atoms with Crippen molar-refractivity contribution in [1.82, 2.24) is 24.3 Å². The number of fused-ring (bicyclic) bond motifs is 1. The average Bonchev–Trinajstić information content (AvgIpc) is 3.24. The van der Waals surface area contributed by atoms with Crippen molar-refractivity contribution in [2.45, 2.75) is 38.8 Å². The van der Waals surface area contributed by atoms with Crippen LogP contribution in [0.4, 0.5) is 0 Å². The zero-order valence-corrected chi connectivity index (χ0v) is 15.0. The Kier molecular flexibility index (Phi) is 4.29. The molecule has 1 saturated heterocycles. The van der Waals surface area contributed by atoms with Gasteiger partial charge in [0.25, 0.3) is 5.91 Å². The molecule has 25 heavy (non-hydrogen) atoms. The summed E-state index contributed by atoms with van der Waals surface area (Å²) in [5, 5.41) is 0. The smallest absolute Gasteiger partial charge is 0.273 e. The monoisotopic (exact) mass is 339 g/mol. The van der Waals surface area contributed by atoms with E-state index in [1.54, 1.807) is 0 Å². The minimum atomic E-state index is 0.0178. The first-order valence-electron chi connectivity index (χ1n) is 9.08. The lowest BCUT2D eigenvalue weighted by Crippen LogP contribution is -2.50. The van der Waals surface area contributed by atoms with Crippen molar-refractivity contribution in [3.63, 3.8) is 0 Å². The van der Waals surface area contributed by atoms with Gasteiger partial charge in [-0.3, -0.25) is 4.79 Å². The summed E-state index contributed by atoms with van der Waals surface area (Å²) in [6.07, 6.45) is 5.24. The number of hydrogen-bond acceptors (Lipinski definition) is 4. The third-order valence-electron chi connectivity index (χ3n) is 5.37. The number of rotatable bonds is 3. The standard InChI is InChI=1S/C19H25N5O/c1-14-6-5-7-16(21-14)19(25)24-12-17-18(22(2)13-20-17)10-15(24)11-23-8-3-4-9-23/h5-7,13,15H,3-4,8-12H2,1-2H3/t15-/m0/s1. The van der Waals surface area contributed by atoms with Crippen LogP contribution in [0, 0.1) is 6.92 Å². The Morgan fingerprint density at radius 1 is 1.28 bits per heavy atom. The van der Waals surface area contributed by atoms with E-state index in [2.05, 4.69) is 19.4 Å². The zero-order valence-electron chi connectivity index (χ0n) is 15.0. The van der Waals surface area contributed by atoms with Gasteiger partial charge in [-0.15, -0.1) is 0 Å². The number of carbonyl (C=O) groups is 1. The molecule has 6 heteroatoms. The zero-order chi connectivity index (χ0) is 17.4. The van der Waals surface area contributed by atoms with E-state index in [9.17, 15) is 4.79 Å². The Morgan fingerprint density at radius 3 is 2.84 bits per heavy atom. The van der Waals surface area contributed by atoms with Crippen molar-refractivity contribution in [3.8, 4) is 0 Å². The highest BCUT2D eigenvalue weighted by molar-refractivity contribution is 5.92. The van der Waals surface area contributed by atoms with E-state index in [-0.39, 0.29) is 11.9 Å². The number of imidazole rings is 1. The molecule has 0 aromatic carbocycles. The van der Waals surface area contributed by atoms with Gasteiger partial charge in [-0.25, -0.2) is 9.97 Å². The first kappa shape index (κ1) is 16.3. The SMILES string of the molecule is Cc1cccc(C(=O)N2Cc3ncn(C)c3C[C@H]2CN2CCCC2)n1. The van der Waals surface area contributed by atoms with Gasteiger partial charge in [0, 0.05) is 31.4 Å². The van der Waals surface area contributed by atoms with Crippen LogP contribution in [0.5, 0.6) is 0 Å².